The van der Waals surface area contributed by atoms with Crippen molar-refractivity contribution in [1.29, 1.82) is 5.26 Å². The Hall–Kier alpha value is -3.95. The number of halogens is 2. The summed E-state index contributed by atoms with van der Waals surface area (Å²) >= 11 is 12.6. The van der Waals surface area contributed by atoms with Gasteiger partial charge >= 0.3 is 0 Å². The standard InChI is InChI=1S/C27H27Cl2N9O2/c28-19-2-3-20(21(29)13-19)23-17-38-24(14-22(36-38)27(39)33-7-8-37-9-11-40-12-10-37)26(35-23)32-6-5-31-25-4-1-18(15-30)16-34-25/h1-4,13-14,16-17H,5-12H2,(H,31,34)(H,32,35)(H,33,39). The minimum absolute atomic E-state index is 0.262. The number of benzene rings is 1. The van der Waals surface area contributed by atoms with Crippen molar-refractivity contribution in [2.75, 3.05) is 63.1 Å². The van der Waals surface area contributed by atoms with Gasteiger partial charge in [-0.05, 0) is 30.3 Å². The highest BCUT2D eigenvalue weighted by Gasteiger charge is 2.17. The molecule has 1 aliphatic rings. The minimum atomic E-state index is -0.262. The van der Waals surface area contributed by atoms with Crippen molar-refractivity contribution >= 4 is 46.3 Å². The maximum absolute atomic E-state index is 12.9. The van der Waals surface area contributed by atoms with Crippen LogP contribution >= 0.6 is 23.2 Å². The molecule has 4 aromatic rings. The maximum Gasteiger partial charge on any atom is 0.271 e. The van der Waals surface area contributed by atoms with Gasteiger partial charge in [0, 0.05) is 62.1 Å². The largest absolute Gasteiger partial charge is 0.379 e. The van der Waals surface area contributed by atoms with Crippen LogP contribution in [0.3, 0.4) is 0 Å². The van der Waals surface area contributed by atoms with Gasteiger partial charge in [-0.3, -0.25) is 9.69 Å². The number of ether oxygens (including phenoxy) is 1. The van der Waals surface area contributed by atoms with Crippen LogP contribution in [0.2, 0.25) is 10.0 Å². The normalized spacial score (nSPS) is 13.6. The van der Waals surface area contributed by atoms with Crippen molar-refractivity contribution < 1.29 is 9.53 Å². The zero-order valence-corrected chi connectivity index (χ0v) is 23.0. The third-order valence-electron chi connectivity index (χ3n) is 6.33. The number of nitrogens with one attached hydrogen (secondary N) is 3. The summed E-state index contributed by atoms with van der Waals surface area (Å²) in [5.41, 5.74) is 2.67. The van der Waals surface area contributed by atoms with E-state index < -0.39 is 0 Å². The van der Waals surface area contributed by atoms with Gasteiger partial charge in [-0.2, -0.15) is 10.4 Å². The average molecular weight is 580 g/mol. The second-order valence-electron chi connectivity index (χ2n) is 9.07. The van der Waals surface area contributed by atoms with E-state index in [0.717, 1.165) is 19.6 Å². The molecule has 0 bridgehead atoms. The molecule has 206 valence electrons. The molecule has 13 heteroatoms. The zero-order chi connectivity index (χ0) is 27.9. The van der Waals surface area contributed by atoms with Crippen LogP contribution in [-0.4, -0.2) is 82.9 Å². The Kier molecular flexibility index (Phi) is 8.93. The van der Waals surface area contributed by atoms with Gasteiger partial charge in [-0.15, -0.1) is 0 Å². The first-order chi connectivity index (χ1) is 19.5. The van der Waals surface area contributed by atoms with Gasteiger partial charge in [0.15, 0.2) is 11.5 Å². The number of nitrogens with zero attached hydrogens (tertiary/aromatic N) is 6. The molecule has 0 unspecified atom stereocenters. The topological polar surface area (TPSA) is 132 Å². The Morgan fingerprint density at radius 2 is 1.90 bits per heavy atom. The molecule has 0 atom stereocenters. The molecule has 1 amide bonds. The lowest BCUT2D eigenvalue weighted by Gasteiger charge is -2.26. The van der Waals surface area contributed by atoms with Gasteiger partial charge in [-0.25, -0.2) is 14.5 Å². The fraction of sp³-hybridized carbons (Fsp3) is 0.296. The van der Waals surface area contributed by atoms with Crippen molar-refractivity contribution in [1.82, 2.24) is 29.8 Å². The van der Waals surface area contributed by atoms with Gasteiger partial charge in [0.25, 0.3) is 5.91 Å². The average Bonchev–Trinajstić information content (AvgIpc) is 3.41. The van der Waals surface area contributed by atoms with Gasteiger partial charge in [0.05, 0.1) is 35.7 Å². The number of hydrogen-bond donors (Lipinski definition) is 3. The Bertz CT molecular complexity index is 1530. The van der Waals surface area contributed by atoms with E-state index in [2.05, 4.69) is 37.0 Å². The first-order valence-electron chi connectivity index (χ1n) is 12.8. The van der Waals surface area contributed by atoms with Crippen molar-refractivity contribution in [3.05, 3.63) is 70.1 Å². The van der Waals surface area contributed by atoms with Crippen molar-refractivity contribution in [2.45, 2.75) is 0 Å². The van der Waals surface area contributed by atoms with Crippen LogP contribution in [0.5, 0.6) is 0 Å². The van der Waals surface area contributed by atoms with Crippen LogP contribution in [0, 0.1) is 11.3 Å². The van der Waals surface area contributed by atoms with E-state index in [4.69, 9.17) is 38.2 Å². The second kappa shape index (κ2) is 12.9. The van der Waals surface area contributed by atoms with E-state index in [0.29, 0.717) is 76.9 Å². The highest BCUT2D eigenvalue weighted by molar-refractivity contribution is 6.36. The first kappa shape index (κ1) is 27.6. The van der Waals surface area contributed by atoms with Gasteiger partial charge in [0.1, 0.15) is 17.4 Å². The molecule has 3 aromatic heterocycles. The molecule has 1 aliphatic heterocycles. The van der Waals surface area contributed by atoms with Gasteiger partial charge < -0.3 is 20.7 Å². The number of pyridine rings is 1. The number of morpholine rings is 1. The molecule has 40 heavy (non-hydrogen) atoms. The van der Waals surface area contributed by atoms with E-state index in [1.54, 1.807) is 47.1 Å². The smallest absolute Gasteiger partial charge is 0.271 e. The van der Waals surface area contributed by atoms with Crippen LogP contribution in [0.1, 0.15) is 16.1 Å². The molecule has 5 rings (SSSR count). The van der Waals surface area contributed by atoms with Gasteiger partial charge in [-0.1, -0.05) is 23.2 Å². The zero-order valence-electron chi connectivity index (χ0n) is 21.5. The van der Waals surface area contributed by atoms with E-state index in [9.17, 15) is 4.79 Å². The Balaban J connectivity index is 1.33. The molecule has 11 nitrogen and oxygen atoms in total. The van der Waals surface area contributed by atoms with Crippen LogP contribution < -0.4 is 16.0 Å². The monoisotopic (exact) mass is 579 g/mol. The van der Waals surface area contributed by atoms with Crippen molar-refractivity contribution in [3.8, 4) is 17.3 Å². The highest BCUT2D eigenvalue weighted by Crippen LogP contribution is 2.31. The molecule has 0 radical (unpaired) electrons. The molecule has 0 aliphatic carbocycles. The predicted octanol–water partition coefficient (Wildman–Crippen LogP) is 3.56. The fourth-order valence-corrected chi connectivity index (χ4v) is 4.74. The number of anilines is 2. The summed E-state index contributed by atoms with van der Waals surface area (Å²) in [6, 6.07) is 12.4. The number of aromatic nitrogens is 4. The van der Waals surface area contributed by atoms with E-state index in [1.165, 1.54) is 6.20 Å². The highest BCUT2D eigenvalue weighted by atomic mass is 35.5. The first-order valence-corrected chi connectivity index (χ1v) is 13.5. The summed E-state index contributed by atoms with van der Waals surface area (Å²) in [6.07, 6.45) is 3.25. The molecule has 3 N–H and O–H groups in total. The molecule has 1 fully saturated rings. The summed E-state index contributed by atoms with van der Waals surface area (Å²) in [5.74, 6) is 0.932. The molecule has 1 saturated heterocycles. The third-order valence-corrected chi connectivity index (χ3v) is 6.88. The van der Waals surface area contributed by atoms with E-state index in [1.807, 2.05) is 0 Å². The molecule has 4 heterocycles. The number of hydrogen-bond acceptors (Lipinski definition) is 9. The molecule has 1 aromatic carbocycles. The Labute approximate surface area is 241 Å². The van der Waals surface area contributed by atoms with E-state index >= 15 is 0 Å². The van der Waals surface area contributed by atoms with Crippen molar-refractivity contribution in [3.63, 3.8) is 0 Å². The number of nitriles is 1. The lowest BCUT2D eigenvalue weighted by molar-refractivity contribution is 0.0383. The Morgan fingerprint density at radius 1 is 1.07 bits per heavy atom. The van der Waals surface area contributed by atoms with Crippen LogP contribution in [0.4, 0.5) is 11.6 Å². The number of amides is 1. The number of carbonyl (C=O) groups excluding carboxylic acids is 1. The predicted molar refractivity (Wildman–Crippen MR) is 154 cm³/mol. The molecule has 0 saturated carbocycles. The summed E-state index contributed by atoms with van der Waals surface area (Å²) < 4.78 is 7.00. The summed E-state index contributed by atoms with van der Waals surface area (Å²) in [5, 5.41) is 23.9. The SMILES string of the molecule is N#Cc1ccc(NCCNc2nc(-c3ccc(Cl)cc3Cl)cn3nc(C(=O)NCCN4CCOCC4)cc23)nc1. The fourth-order valence-electron chi connectivity index (χ4n) is 4.24. The number of carbonyl (C=O) groups is 1. The van der Waals surface area contributed by atoms with Crippen LogP contribution in [0.25, 0.3) is 16.8 Å². The number of fused-ring (bicyclic) bond motifs is 1. The minimum Gasteiger partial charge on any atom is -0.379 e. The maximum atomic E-state index is 12.9. The van der Waals surface area contributed by atoms with E-state index in [-0.39, 0.29) is 11.6 Å². The summed E-state index contributed by atoms with van der Waals surface area (Å²) in [6.45, 7) is 5.42. The number of rotatable bonds is 10. The van der Waals surface area contributed by atoms with Gasteiger partial charge in [0.2, 0.25) is 0 Å². The lowest BCUT2D eigenvalue weighted by Crippen LogP contribution is -2.41. The quantitative estimate of drug-likeness (QED) is 0.241. The molecular weight excluding hydrogens is 553 g/mol. The summed E-state index contributed by atoms with van der Waals surface area (Å²) in [7, 11) is 0. The molecule has 0 spiro atoms. The lowest BCUT2D eigenvalue weighted by atomic mass is 10.1. The van der Waals surface area contributed by atoms with Crippen LogP contribution in [0.15, 0.2) is 48.8 Å². The Morgan fingerprint density at radius 3 is 2.65 bits per heavy atom. The summed E-state index contributed by atoms with van der Waals surface area (Å²) in [4.78, 5) is 24.2. The third kappa shape index (κ3) is 6.78. The van der Waals surface area contributed by atoms with Crippen molar-refractivity contribution in [2.24, 2.45) is 0 Å². The van der Waals surface area contributed by atoms with Crippen LogP contribution in [-0.2, 0) is 4.74 Å². The molecular formula is C27H27Cl2N9O2. The second-order valence-corrected chi connectivity index (χ2v) is 9.91.